The lowest BCUT2D eigenvalue weighted by atomic mass is 10.3. The molecule has 0 aliphatic carbocycles. The van der Waals surface area contributed by atoms with Crippen molar-refractivity contribution in [2.24, 2.45) is 0 Å². The van der Waals surface area contributed by atoms with Crippen LogP contribution in [0.25, 0.3) is 5.69 Å². The molecule has 1 aromatic carbocycles. The molecule has 0 atom stereocenters. The van der Waals surface area contributed by atoms with Crippen LogP contribution in [0.3, 0.4) is 0 Å². The van der Waals surface area contributed by atoms with Crippen LogP contribution in [0.1, 0.15) is 0 Å². The summed E-state index contributed by atoms with van der Waals surface area (Å²) in [6.07, 6.45) is 3.64. The number of rotatable bonds is 4. The van der Waals surface area contributed by atoms with Crippen LogP contribution in [-0.4, -0.2) is 27.8 Å². The molecule has 2 aromatic rings. The molecular formula is C11H13N3O. The Labute approximate surface area is 88.2 Å². The first-order chi connectivity index (χ1) is 7.40. The molecule has 0 saturated heterocycles. The summed E-state index contributed by atoms with van der Waals surface area (Å²) < 4.78 is 1.93. The lowest BCUT2D eigenvalue weighted by Gasteiger charge is -2.00. The van der Waals surface area contributed by atoms with E-state index in [1.54, 1.807) is 6.33 Å². The Morgan fingerprint density at radius 3 is 2.80 bits per heavy atom. The van der Waals surface area contributed by atoms with E-state index in [2.05, 4.69) is 10.3 Å². The van der Waals surface area contributed by atoms with E-state index >= 15 is 0 Å². The van der Waals surface area contributed by atoms with Crippen molar-refractivity contribution in [3.63, 3.8) is 0 Å². The normalized spacial score (nSPS) is 10.2. The number of nitrogens with zero attached hydrogens (tertiary/aromatic N) is 2. The summed E-state index contributed by atoms with van der Waals surface area (Å²) >= 11 is 0. The highest BCUT2D eigenvalue weighted by molar-refractivity contribution is 5.38. The summed E-state index contributed by atoms with van der Waals surface area (Å²) in [5.74, 6) is 0.771. The highest BCUT2D eigenvalue weighted by atomic mass is 16.3. The third kappa shape index (κ3) is 2.35. The molecule has 1 aromatic heterocycles. The fourth-order valence-electron chi connectivity index (χ4n) is 1.34. The number of aliphatic hydroxyl groups is 1. The number of aliphatic hydroxyl groups excluding tert-OH is 1. The van der Waals surface area contributed by atoms with Gasteiger partial charge in [-0.15, -0.1) is 0 Å². The van der Waals surface area contributed by atoms with E-state index in [1.165, 1.54) is 0 Å². The predicted molar refractivity (Wildman–Crippen MR) is 59.1 cm³/mol. The molecule has 0 aliphatic rings. The number of imidazole rings is 1. The highest BCUT2D eigenvalue weighted by Gasteiger charge is 1.98. The summed E-state index contributed by atoms with van der Waals surface area (Å²) in [6.45, 7) is 0.629. The van der Waals surface area contributed by atoms with E-state index < -0.39 is 0 Å². The molecule has 15 heavy (non-hydrogen) atoms. The van der Waals surface area contributed by atoms with Crippen molar-refractivity contribution in [1.82, 2.24) is 9.55 Å². The fourth-order valence-corrected chi connectivity index (χ4v) is 1.34. The maximum Gasteiger partial charge on any atom is 0.144 e. The van der Waals surface area contributed by atoms with E-state index in [0.717, 1.165) is 11.5 Å². The van der Waals surface area contributed by atoms with Gasteiger partial charge in [0.1, 0.15) is 12.1 Å². The third-order valence-corrected chi connectivity index (χ3v) is 2.05. The molecule has 0 spiro atoms. The molecule has 0 aliphatic heterocycles. The fraction of sp³-hybridized carbons (Fsp3) is 0.182. The van der Waals surface area contributed by atoms with Gasteiger partial charge in [0.15, 0.2) is 0 Å². The monoisotopic (exact) mass is 203 g/mol. The minimum Gasteiger partial charge on any atom is -0.395 e. The second-order valence-electron chi connectivity index (χ2n) is 3.15. The molecule has 0 radical (unpaired) electrons. The topological polar surface area (TPSA) is 50.1 Å². The maximum absolute atomic E-state index is 8.65. The van der Waals surface area contributed by atoms with Gasteiger partial charge in [0, 0.05) is 12.2 Å². The van der Waals surface area contributed by atoms with E-state index in [-0.39, 0.29) is 6.61 Å². The van der Waals surface area contributed by atoms with Crippen LogP contribution < -0.4 is 5.32 Å². The Morgan fingerprint density at radius 1 is 1.27 bits per heavy atom. The molecule has 2 rings (SSSR count). The molecule has 4 nitrogen and oxygen atoms in total. The van der Waals surface area contributed by atoms with Gasteiger partial charge in [0.25, 0.3) is 0 Å². The summed E-state index contributed by atoms with van der Waals surface area (Å²) in [7, 11) is 0. The van der Waals surface area contributed by atoms with Crippen molar-refractivity contribution < 1.29 is 5.11 Å². The van der Waals surface area contributed by atoms with Crippen LogP contribution in [0.5, 0.6) is 0 Å². The number of anilines is 1. The lowest BCUT2D eigenvalue weighted by Crippen LogP contribution is -2.05. The smallest absolute Gasteiger partial charge is 0.144 e. The molecule has 78 valence electrons. The third-order valence-electron chi connectivity index (χ3n) is 2.05. The van der Waals surface area contributed by atoms with Gasteiger partial charge in [-0.3, -0.25) is 0 Å². The number of hydrogen-bond acceptors (Lipinski definition) is 3. The second-order valence-corrected chi connectivity index (χ2v) is 3.15. The Kier molecular flexibility index (Phi) is 2.99. The largest absolute Gasteiger partial charge is 0.395 e. The molecule has 0 bridgehead atoms. The van der Waals surface area contributed by atoms with Crippen LogP contribution in [0, 0.1) is 0 Å². The van der Waals surface area contributed by atoms with Crippen molar-refractivity contribution in [3.8, 4) is 5.69 Å². The first-order valence-corrected chi connectivity index (χ1v) is 4.84. The molecule has 2 N–H and O–H groups in total. The average Bonchev–Trinajstić information content (AvgIpc) is 2.76. The number of para-hydroxylation sites is 1. The van der Waals surface area contributed by atoms with E-state index in [1.807, 2.05) is 41.1 Å². The molecule has 0 amide bonds. The highest BCUT2D eigenvalue weighted by Crippen LogP contribution is 2.10. The summed E-state index contributed by atoms with van der Waals surface area (Å²) in [6, 6.07) is 9.96. The second kappa shape index (κ2) is 4.61. The van der Waals surface area contributed by atoms with Crippen LogP contribution >= 0.6 is 0 Å². The SMILES string of the molecule is OCCNc1cn(-c2ccccc2)cn1. The zero-order chi connectivity index (χ0) is 10.5. The van der Waals surface area contributed by atoms with Crippen LogP contribution in [0.2, 0.25) is 0 Å². The van der Waals surface area contributed by atoms with Gasteiger partial charge in [0.2, 0.25) is 0 Å². The van der Waals surface area contributed by atoms with Crippen LogP contribution in [0.4, 0.5) is 5.82 Å². The van der Waals surface area contributed by atoms with Crippen molar-refractivity contribution in [1.29, 1.82) is 0 Å². The van der Waals surface area contributed by atoms with Gasteiger partial charge in [-0.2, -0.15) is 0 Å². The zero-order valence-corrected chi connectivity index (χ0v) is 8.30. The van der Waals surface area contributed by atoms with Gasteiger partial charge in [-0.25, -0.2) is 4.98 Å². The molecular weight excluding hydrogens is 190 g/mol. The summed E-state index contributed by atoms with van der Waals surface area (Å²) in [4.78, 5) is 4.17. The molecule has 0 saturated carbocycles. The minimum atomic E-state index is 0.109. The maximum atomic E-state index is 8.65. The molecule has 1 heterocycles. The Morgan fingerprint density at radius 2 is 2.07 bits per heavy atom. The summed E-state index contributed by atoms with van der Waals surface area (Å²) in [5.41, 5.74) is 1.07. The molecule has 4 heteroatoms. The standard InChI is InChI=1S/C11H13N3O/c15-7-6-12-11-8-14(9-13-11)10-4-2-1-3-5-10/h1-5,8-9,12,15H,6-7H2. The summed E-state index contributed by atoms with van der Waals surface area (Å²) in [5, 5.41) is 11.7. The van der Waals surface area contributed by atoms with Gasteiger partial charge >= 0.3 is 0 Å². The van der Waals surface area contributed by atoms with E-state index in [0.29, 0.717) is 6.54 Å². The number of hydrogen-bond donors (Lipinski definition) is 2. The first-order valence-electron chi connectivity index (χ1n) is 4.84. The Bertz CT molecular complexity index is 411. The van der Waals surface area contributed by atoms with Gasteiger partial charge in [-0.05, 0) is 12.1 Å². The number of aromatic nitrogens is 2. The number of nitrogens with one attached hydrogen (secondary N) is 1. The van der Waals surface area contributed by atoms with E-state index in [4.69, 9.17) is 5.11 Å². The molecule has 0 unspecified atom stereocenters. The average molecular weight is 203 g/mol. The van der Waals surface area contributed by atoms with Gasteiger partial charge < -0.3 is 15.0 Å². The van der Waals surface area contributed by atoms with Crippen molar-refractivity contribution in [3.05, 3.63) is 42.9 Å². The quantitative estimate of drug-likeness (QED) is 0.787. The van der Waals surface area contributed by atoms with E-state index in [9.17, 15) is 0 Å². The molecule has 0 fully saturated rings. The van der Waals surface area contributed by atoms with Crippen LogP contribution in [-0.2, 0) is 0 Å². The van der Waals surface area contributed by atoms with Crippen molar-refractivity contribution >= 4 is 5.82 Å². The predicted octanol–water partition coefficient (Wildman–Crippen LogP) is 1.28. The van der Waals surface area contributed by atoms with Crippen molar-refractivity contribution in [2.45, 2.75) is 0 Å². The number of benzene rings is 1. The van der Waals surface area contributed by atoms with Gasteiger partial charge in [-0.1, -0.05) is 18.2 Å². The Hall–Kier alpha value is -1.81. The Balaban J connectivity index is 2.14. The van der Waals surface area contributed by atoms with Crippen LogP contribution in [0.15, 0.2) is 42.9 Å². The van der Waals surface area contributed by atoms with Crippen molar-refractivity contribution in [2.75, 3.05) is 18.5 Å². The zero-order valence-electron chi connectivity index (χ0n) is 8.30. The van der Waals surface area contributed by atoms with Gasteiger partial charge in [0.05, 0.1) is 12.8 Å². The minimum absolute atomic E-state index is 0.109. The first kappa shape index (κ1) is 9.73. The lowest BCUT2D eigenvalue weighted by molar-refractivity contribution is 0.311.